The number of aliphatic hydroxyl groups is 1. The van der Waals surface area contributed by atoms with Crippen LogP contribution in [0, 0.1) is 0 Å². The van der Waals surface area contributed by atoms with Crippen LogP contribution in [-0.4, -0.2) is 23.2 Å². The second-order valence-corrected chi connectivity index (χ2v) is 6.99. The van der Waals surface area contributed by atoms with Gasteiger partial charge in [0.25, 0.3) is 11.7 Å². The van der Waals surface area contributed by atoms with Gasteiger partial charge in [0, 0.05) is 11.3 Å². The van der Waals surface area contributed by atoms with Crippen LogP contribution in [0.2, 0.25) is 0 Å². The maximum Gasteiger partial charge on any atom is 0.573 e. The number of amides is 1. The lowest BCUT2D eigenvalue weighted by Gasteiger charge is -2.25. The van der Waals surface area contributed by atoms with Gasteiger partial charge in [-0.15, -0.1) is 13.2 Å². The second-order valence-electron chi connectivity index (χ2n) is 6.99. The van der Waals surface area contributed by atoms with Gasteiger partial charge in [-0.05, 0) is 29.8 Å². The van der Waals surface area contributed by atoms with Crippen molar-refractivity contribution in [2.45, 2.75) is 12.4 Å². The van der Waals surface area contributed by atoms with Crippen LogP contribution in [0.4, 0.5) is 18.9 Å². The lowest BCUT2D eigenvalue weighted by Crippen LogP contribution is -2.29. The summed E-state index contributed by atoms with van der Waals surface area (Å²) in [6.45, 7) is 0. The fourth-order valence-corrected chi connectivity index (χ4v) is 3.61. The molecule has 0 radical (unpaired) electrons. The number of carbonyl (C=O) groups excluding carboxylic acids is 2. The summed E-state index contributed by atoms with van der Waals surface area (Å²) in [7, 11) is 0. The molecule has 3 aromatic rings. The Labute approximate surface area is 181 Å². The molecule has 0 bridgehead atoms. The van der Waals surface area contributed by atoms with Crippen LogP contribution in [-0.2, 0) is 9.59 Å². The van der Waals surface area contributed by atoms with Gasteiger partial charge in [0.15, 0.2) is 0 Å². The number of ether oxygens (including phenoxy) is 1. The van der Waals surface area contributed by atoms with E-state index in [-0.39, 0.29) is 17.0 Å². The number of hydrogen-bond donors (Lipinski definition) is 1. The molecule has 5 nitrogen and oxygen atoms in total. The first-order chi connectivity index (χ1) is 15.3. The van der Waals surface area contributed by atoms with Gasteiger partial charge < -0.3 is 9.84 Å². The third-order valence-corrected chi connectivity index (χ3v) is 4.96. The molecular weight excluding hydrogens is 423 g/mol. The van der Waals surface area contributed by atoms with Gasteiger partial charge >= 0.3 is 6.36 Å². The molecule has 8 heteroatoms. The molecule has 32 heavy (non-hydrogen) atoms. The van der Waals surface area contributed by atoms with E-state index in [1.54, 1.807) is 60.7 Å². The van der Waals surface area contributed by atoms with E-state index >= 15 is 0 Å². The van der Waals surface area contributed by atoms with Gasteiger partial charge in [0.2, 0.25) is 0 Å². The summed E-state index contributed by atoms with van der Waals surface area (Å²) in [5.74, 6) is -2.59. The fourth-order valence-electron chi connectivity index (χ4n) is 3.61. The predicted octanol–water partition coefficient (Wildman–Crippen LogP) is 5.21. The third-order valence-electron chi connectivity index (χ3n) is 4.96. The maximum atomic E-state index is 13.0. The van der Waals surface area contributed by atoms with Gasteiger partial charge in [-0.3, -0.25) is 14.5 Å². The molecule has 1 atom stereocenters. The van der Waals surface area contributed by atoms with Crippen LogP contribution in [0.25, 0.3) is 5.76 Å². The number of Topliss-reactive ketones (excluding diaryl/α,β-unsaturated/α-hetero) is 1. The van der Waals surface area contributed by atoms with Crippen molar-refractivity contribution in [2.75, 3.05) is 4.90 Å². The van der Waals surface area contributed by atoms with Crippen molar-refractivity contribution >= 4 is 23.1 Å². The molecule has 0 spiro atoms. The summed E-state index contributed by atoms with van der Waals surface area (Å²) < 4.78 is 41.3. The minimum atomic E-state index is -4.86. The largest absolute Gasteiger partial charge is 0.573 e. The number of benzene rings is 3. The Morgan fingerprint density at radius 2 is 1.41 bits per heavy atom. The monoisotopic (exact) mass is 439 g/mol. The number of anilines is 1. The standard InChI is InChI=1S/C24H16F3NO4/c25-24(26,27)32-18-13-11-17(12-14-18)28-20(15-7-3-1-4-8-15)19(22(30)23(28)31)21(29)16-9-5-2-6-10-16/h1-14,20,29H/b21-19+. The Morgan fingerprint density at radius 3 is 1.97 bits per heavy atom. The molecule has 1 fully saturated rings. The molecule has 0 aromatic heterocycles. The van der Waals surface area contributed by atoms with Gasteiger partial charge in [0.1, 0.15) is 11.5 Å². The minimum Gasteiger partial charge on any atom is -0.507 e. The third kappa shape index (κ3) is 4.07. The molecule has 1 N–H and O–H groups in total. The zero-order valence-electron chi connectivity index (χ0n) is 16.4. The number of hydrogen-bond acceptors (Lipinski definition) is 4. The first kappa shape index (κ1) is 21.2. The lowest BCUT2D eigenvalue weighted by molar-refractivity contribution is -0.274. The Morgan fingerprint density at radius 1 is 0.844 bits per heavy atom. The lowest BCUT2D eigenvalue weighted by atomic mass is 9.95. The summed E-state index contributed by atoms with van der Waals surface area (Å²) in [6, 6.07) is 20.6. The van der Waals surface area contributed by atoms with E-state index in [0.29, 0.717) is 11.1 Å². The number of carbonyl (C=O) groups is 2. The second kappa shape index (κ2) is 8.22. The molecule has 1 amide bonds. The summed E-state index contributed by atoms with van der Waals surface area (Å²) in [5, 5.41) is 10.9. The fraction of sp³-hybridized carbons (Fsp3) is 0.0833. The Hall–Kier alpha value is -4.07. The first-order valence-corrected chi connectivity index (χ1v) is 9.53. The van der Waals surface area contributed by atoms with Gasteiger partial charge in [0.05, 0.1) is 11.6 Å². The summed E-state index contributed by atoms with van der Waals surface area (Å²) >= 11 is 0. The highest BCUT2D eigenvalue weighted by molar-refractivity contribution is 6.51. The Bertz CT molecular complexity index is 1170. The molecule has 1 aliphatic rings. The van der Waals surface area contributed by atoms with Crippen molar-refractivity contribution in [3.63, 3.8) is 0 Å². The number of rotatable bonds is 4. The molecular formula is C24H16F3NO4. The number of ketones is 1. The van der Waals surface area contributed by atoms with Gasteiger partial charge in [-0.25, -0.2) is 0 Å². The van der Waals surface area contributed by atoms with Crippen LogP contribution in [0.3, 0.4) is 0 Å². The topological polar surface area (TPSA) is 66.8 Å². The molecule has 0 aliphatic carbocycles. The van der Waals surface area contributed by atoms with Crippen molar-refractivity contribution in [2.24, 2.45) is 0 Å². The molecule has 162 valence electrons. The normalized spacial score (nSPS) is 18.1. The maximum absolute atomic E-state index is 13.0. The van der Waals surface area contributed by atoms with Crippen LogP contribution in [0.1, 0.15) is 17.2 Å². The molecule has 1 heterocycles. The van der Waals surface area contributed by atoms with Crippen LogP contribution >= 0.6 is 0 Å². The van der Waals surface area contributed by atoms with E-state index in [1.807, 2.05) is 0 Å². The summed E-state index contributed by atoms with van der Waals surface area (Å²) in [5.41, 5.74) is 0.991. The number of nitrogens with zero attached hydrogens (tertiary/aromatic N) is 1. The van der Waals surface area contributed by atoms with E-state index < -0.39 is 29.8 Å². The van der Waals surface area contributed by atoms with Crippen LogP contribution in [0.5, 0.6) is 5.75 Å². The average Bonchev–Trinajstić information content (AvgIpc) is 3.05. The quantitative estimate of drug-likeness (QED) is 0.344. The van der Waals surface area contributed by atoms with Gasteiger partial charge in [-0.2, -0.15) is 0 Å². The number of aliphatic hydroxyl groups excluding tert-OH is 1. The van der Waals surface area contributed by atoms with Crippen molar-refractivity contribution in [1.29, 1.82) is 0 Å². The van der Waals surface area contributed by atoms with E-state index in [1.165, 1.54) is 12.1 Å². The highest BCUT2D eigenvalue weighted by Gasteiger charge is 2.47. The van der Waals surface area contributed by atoms with Crippen LogP contribution in [0.15, 0.2) is 90.5 Å². The number of alkyl halides is 3. The predicted molar refractivity (Wildman–Crippen MR) is 111 cm³/mol. The van der Waals surface area contributed by atoms with Crippen LogP contribution < -0.4 is 9.64 Å². The number of halogens is 3. The average molecular weight is 439 g/mol. The zero-order chi connectivity index (χ0) is 22.9. The molecule has 1 aliphatic heterocycles. The Kier molecular flexibility index (Phi) is 5.44. The summed E-state index contributed by atoms with van der Waals surface area (Å²) in [6.07, 6.45) is -4.86. The van der Waals surface area contributed by atoms with E-state index in [0.717, 1.165) is 17.0 Å². The molecule has 1 saturated heterocycles. The molecule has 4 rings (SSSR count). The smallest absolute Gasteiger partial charge is 0.507 e. The van der Waals surface area contributed by atoms with E-state index in [4.69, 9.17) is 0 Å². The minimum absolute atomic E-state index is 0.108. The highest BCUT2D eigenvalue weighted by atomic mass is 19.4. The van der Waals surface area contributed by atoms with E-state index in [9.17, 15) is 27.9 Å². The Balaban J connectivity index is 1.83. The zero-order valence-corrected chi connectivity index (χ0v) is 16.4. The molecule has 0 saturated carbocycles. The highest BCUT2D eigenvalue weighted by Crippen LogP contribution is 2.42. The van der Waals surface area contributed by atoms with Gasteiger partial charge in [-0.1, -0.05) is 60.7 Å². The van der Waals surface area contributed by atoms with Crippen molar-refractivity contribution in [3.8, 4) is 5.75 Å². The van der Waals surface area contributed by atoms with Crippen molar-refractivity contribution in [1.82, 2.24) is 0 Å². The summed E-state index contributed by atoms with van der Waals surface area (Å²) in [4.78, 5) is 27.1. The first-order valence-electron chi connectivity index (χ1n) is 9.53. The SMILES string of the molecule is O=C1C(=O)N(c2ccc(OC(F)(F)F)cc2)C(c2ccccc2)/C1=C(\O)c1ccccc1. The van der Waals surface area contributed by atoms with Crippen molar-refractivity contribution in [3.05, 3.63) is 102 Å². The van der Waals surface area contributed by atoms with Crippen molar-refractivity contribution < 1.29 is 32.6 Å². The van der Waals surface area contributed by atoms with E-state index in [2.05, 4.69) is 4.74 Å². The molecule has 3 aromatic carbocycles. The molecule has 1 unspecified atom stereocenters.